The van der Waals surface area contributed by atoms with Gasteiger partial charge in [-0.15, -0.1) is 0 Å². The molecule has 0 aromatic heterocycles. The lowest BCUT2D eigenvalue weighted by Gasteiger charge is -2.35. The van der Waals surface area contributed by atoms with Crippen LogP contribution in [-0.4, -0.2) is 52.7 Å². The van der Waals surface area contributed by atoms with E-state index in [-0.39, 0.29) is 30.2 Å². The third kappa shape index (κ3) is 3.56. The van der Waals surface area contributed by atoms with Crippen LogP contribution in [0.5, 0.6) is 0 Å². The molecule has 4 rings (SSSR count). The summed E-state index contributed by atoms with van der Waals surface area (Å²) in [6.07, 6.45) is 2.94. The minimum absolute atomic E-state index is 0.0964. The molecule has 0 radical (unpaired) electrons. The van der Waals surface area contributed by atoms with E-state index in [0.717, 1.165) is 49.2 Å². The Labute approximate surface area is 165 Å². The number of nitrogens with one attached hydrogen (secondary N) is 1. The van der Waals surface area contributed by atoms with Gasteiger partial charge in [-0.1, -0.05) is 18.2 Å². The Bertz CT molecular complexity index is 807. The van der Waals surface area contributed by atoms with Gasteiger partial charge in [0, 0.05) is 37.7 Å². The summed E-state index contributed by atoms with van der Waals surface area (Å²) in [7, 11) is 0. The van der Waals surface area contributed by atoms with Gasteiger partial charge in [-0.2, -0.15) is 0 Å². The highest BCUT2D eigenvalue weighted by molar-refractivity contribution is 6.05. The highest BCUT2D eigenvalue weighted by Gasteiger charge is 2.40. The van der Waals surface area contributed by atoms with E-state index in [1.54, 1.807) is 4.90 Å². The molecule has 0 bridgehead atoms. The van der Waals surface area contributed by atoms with Gasteiger partial charge in [0.05, 0.1) is 0 Å². The molecule has 0 spiro atoms. The molecule has 3 aliphatic heterocycles. The number of piperidine rings is 2. The van der Waals surface area contributed by atoms with E-state index in [1.807, 2.05) is 18.2 Å². The highest BCUT2D eigenvalue weighted by Crippen LogP contribution is 2.31. The molecule has 7 nitrogen and oxygen atoms in total. The fraction of sp³-hybridized carbons (Fsp3) is 0.571. The first-order valence-corrected chi connectivity index (χ1v) is 10.2. The molecule has 2 saturated heterocycles. The second-order valence-corrected chi connectivity index (χ2v) is 8.35. The van der Waals surface area contributed by atoms with Gasteiger partial charge in [0.15, 0.2) is 0 Å². The number of fused-ring (bicyclic) bond motifs is 1. The maximum absolute atomic E-state index is 13.2. The first-order valence-electron chi connectivity index (χ1n) is 10.2. The molecule has 1 aromatic rings. The summed E-state index contributed by atoms with van der Waals surface area (Å²) in [4.78, 5) is 40.9. The summed E-state index contributed by atoms with van der Waals surface area (Å²) in [6.45, 7) is 5.18. The van der Waals surface area contributed by atoms with Crippen LogP contribution in [0.2, 0.25) is 0 Å². The van der Waals surface area contributed by atoms with Crippen molar-refractivity contribution in [3.8, 4) is 0 Å². The number of nitrogens with two attached hydrogens (primary N) is 1. The van der Waals surface area contributed by atoms with Gasteiger partial charge in [-0.25, -0.2) is 0 Å². The molecule has 3 aliphatic rings. The zero-order chi connectivity index (χ0) is 19.8. The molecule has 3 unspecified atom stereocenters. The van der Waals surface area contributed by atoms with Crippen molar-refractivity contribution >= 4 is 17.7 Å². The fourth-order valence-corrected chi connectivity index (χ4v) is 4.73. The van der Waals surface area contributed by atoms with Crippen molar-refractivity contribution in [2.45, 2.75) is 57.8 Å². The summed E-state index contributed by atoms with van der Waals surface area (Å²) < 4.78 is 0. The maximum Gasteiger partial charge on any atom is 0.255 e. The lowest BCUT2D eigenvalue weighted by molar-refractivity contribution is -0.136. The van der Waals surface area contributed by atoms with Crippen LogP contribution in [0.3, 0.4) is 0 Å². The Morgan fingerprint density at radius 1 is 1.25 bits per heavy atom. The molecule has 3 atom stereocenters. The molecule has 3 heterocycles. The molecule has 0 saturated carbocycles. The van der Waals surface area contributed by atoms with Crippen molar-refractivity contribution in [2.24, 2.45) is 11.7 Å². The van der Waals surface area contributed by atoms with Gasteiger partial charge in [-0.3, -0.25) is 24.6 Å². The second kappa shape index (κ2) is 7.64. The van der Waals surface area contributed by atoms with E-state index in [4.69, 9.17) is 5.73 Å². The molecule has 7 heteroatoms. The zero-order valence-corrected chi connectivity index (χ0v) is 16.3. The van der Waals surface area contributed by atoms with Crippen LogP contribution in [0.1, 0.15) is 54.1 Å². The third-order valence-electron chi connectivity index (χ3n) is 6.32. The number of carbonyl (C=O) groups is 3. The van der Waals surface area contributed by atoms with Crippen LogP contribution in [0.25, 0.3) is 0 Å². The number of hydrogen-bond acceptors (Lipinski definition) is 5. The van der Waals surface area contributed by atoms with Gasteiger partial charge in [0.1, 0.15) is 6.04 Å². The lowest BCUT2D eigenvalue weighted by Crippen LogP contribution is -2.52. The quantitative estimate of drug-likeness (QED) is 0.756. The van der Waals surface area contributed by atoms with Gasteiger partial charge in [-0.05, 0) is 49.8 Å². The number of nitrogens with zero attached hydrogens (tertiary/aromatic N) is 2. The van der Waals surface area contributed by atoms with Crippen LogP contribution >= 0.6 is 0 Å². The van der Waals surface area contributed by atoms with E-state index >= 15 is 0 Å². The summed E-state index contributed by atoms with van der Waals surface area (Å²) in [5.74, 6) is -0.239. The van der Waals surface area contributed by atoms with Crippen molar-refractivity contribution in [1.29, 1.82) is 0 Å². The number of carbonyl (C=O) groups excluding carboxylic acids is 3. The SMILES string of the molecule is CC(N)C1CCCN(Cc2cccc3c2C(=O)N(C2CCC(=O)NC2=O)C3)C1. The predicted octanol–water partition coefficient (Wildman–Crippen LogP) is 1.01. The Hall–Kier alpha value is -2.25. The van der Waals surface area contributed by atoms with Crippen LogP contribution in [0.15, 0.2) is 18.2 Å². The van der Waals surface area contributed by atoms with E-state index < -0.39 is 6.04 Å². The number of likely N-dealkylation sites (tertiary alicyclic amines) is 1. The molecule has 3 amide bonds. The van der Waals surface area contributed by atoms with Crippen molar-refractivity contribution in [3.63, 3.8) is 0 Å². The number of hydrogen-bond donors (Lipinski definition) is 2. The Kier molecular flexibility index (Phi) is 5.21. The standard InChI is InChI=1S/C21H28N4O3/c1-13(22)14-6-3-9-24(10-14)11-15-4-2-5-16-12-25(21(28)19(15)16)17-7-8-18(26)23-20(17)27/h2,4-5,13-14,17H,3,6-12,22H2,1H3,(H,23,26,27). The van der Waals surface area contributed by atoms with Crippen molar-refractivity contribution in [3.05, 3.63) is 34.9 Å². The zero-order valence-electron chi connectivity index (χ0n) is 16.3. The summed E-state index contributed by atoms with van der Waals surface area (Å²) in [5, 5.41) is 2.36. The van der Waals surface area contributed by atoms with Crippen molar-refractivity contribution < 1.29 is 14.4 Å². The number of amides is 3. The lowest BCUT2D eigenvalue weighted by atomic mass is 9.91. The van der Waals surface area contributed by atoms with E-state index in [2.05, 4.69) is 17.1 Å². The average molecular weight is 384 g/mol. The minimum Gasteiger partial charge on any atom is -0.328 e. The normalized spacial score (nSPS) is 26.9. The molecular weight excluding hydrogens is 356 g/mol. The highest BCUT2D eigenvalue weighted by atomic mass is 16.2. The number of benzene rings is 1. The minimum atomic E-state index is -0.567. The average Bonchev–Trinajstić information content (AvgIpc) is 2.99. The van der Waals surface area contributed by atoms with Crippen LogP contribution in [-0.2, 0) is 22.7 Å². The van der Waals surface area contributed by atoms with Gasteiger partial charge in [0.2, 0.25) is 11.8 Å². The predicted molar refractivity (Wildman–Crippen MR) is 104 cm³/mol. The summed E-state index contributed by atoms with van der Waals surface area (Å²) in [5.41, 5.74) is 8.82. The molecule has 0 aliphatic carbocycles. The third-order valence-corrected chi connectivity index (χ3v) is 6.32. The summed E-state index contributed by atoms with van der Waals surface area (Å²) >= 11 is 0. The molecule has 2 fully saturated rings. The first-order chi connectivity index (χ1) is 13.4. The Morgan fingerprint density at radius 2 is 2.07 bits per heavy atom. The largest absolute Gasteiger partial charge is 0.328 e. The van der Waals surface area contributed by atoms with Crippen LogP contribution in [0, 0.1) is 5.92 Å². The van der Waals surface area contributed by atoms with E-state index in [0.29, 0.717) is 18.9 Å². The topological polar surface area (TPSA) is 95.7 Å². The Morgan fingerprint density at radius 3 is 2.82 bits per heavy atom. The molecule has 1 aromatic carbocycles. The van der Waals surface area contributed by atoms with Crippen LogP contribution < -0.4 is 11.1 Å². The smallest absolute Gasteiger partial charge is 0.255 e. The van der Waals surface area contributed by atoms with Crippen LogP contribution in [0.4, 0.5) is 0 Å². The summed E-state index contributed by atoms with van der Waals surface area (Å²) in [6, 6.07) is 5.57. The van der Waals surface area contributed by atoms with E-state index in [9.17, 15) is 14.4 Å². The van der Waals surface area contributed by atoms with Gasteiger partial charge < -0.3 is 10.6 Å². The second-order valence-electron chi connectivity index (χ2n) is 8.35. The number of rotatable bonds is 4. The molecule has 28 heavy (non-hydrogen) atoms. The molecular formula is C21H28N4O3. The van der Waals surface area contributed by atoms with E-state index in [1.165, 1.54) is 0 Å². The van der Waals surface area contributed by atoms with Gasteiger partial charge in [0.25, 0.3) is 5.91 Å². The first kappa shape index (κ1) is 19.1. The molecule has 150 valence electrons. The van der Waals surface area contributed by atoms with Gasteiger partial charge >= 0.3 is 0 Å². The molecule has 3 N–H and O–H groups in total. The monoisotopic (exact) mass is 384 g/mol. The fourth-order valence-electron chi connectivity index (χ4n) is 4.73. The van der Waals surface area contributed by atoms with Crippen molar-refractivity contribution in [1.82, 2.24) is 15.1 Å². The number of imide groups is 1. The maximum atomic E-state index is 13.2. The Balaban J connectivity index is 1.52. The van der Waals surface area contributed by atoms with Crippen molar-refractivity contribution in [2.75, 3.05) is 13.1 Å².